The molecule has 0 aliphatic carbocycles. The molecule has 0 saturated heterocycles. The Hall–Kier alpha value is -2.82. The third kappa shape index (κ3) is 5.17. The predicted molar refractivity (Wildman–Crippen MR) is 116 cm³/mol. The van der Waals surface area contributed by atoms with Gasteiger partial charge in [0.05, 0.1) is 6.21 Å². The van der Waals surface area contributed by atoms with Gasteiger partial charge in [0.1, 0.15) is 6.61 Å². The molecule has 5 heteroatoms. The van der Waals surface area contributed by atoms with E-state index in [2.05, 4.69) is 64.2 Å². The highest BCUT2D eigenvalue weighted by Gasteiger charge is 2.28. The number of ether oxygens (including phenoxy) is 2. The molecule has 5 nitrogen and oxygen atoms in total. The molecule has 1 atom stereocenters. The number of hydrazone groups is 1. The standard InChI is InChI=1S/C24H30N2O3/c1-23(2,3)17-9-7-16(8-10-17)14-25-26-22(27)21-15-28-19-12-11-18(24(4,5)6)13-20(19)29-21/h7-14,21H,15H2,1-6H3,(H,26,27)/b25-14-/t21-/m0/s1. The number of hydrogen-bond acceptors (Lipinski definition) is 4. The third-order valence-corrected chi connectivity index (χ3v) is 4.93. The van der Waals surface area contributed by atoms with Crippen molar-refractivity contribution in [2.24, 2.45) is 5.10 Å². The maximum Gasteiger partial charge on any atom is 0.284 e. The van der Waals surface area contributed by atoms with Crippen molar-refractivity contribution in [1.82, 2.24) is 5.43 Å². The normalized spacial score (nSPS) is 16.7. The summed E-state index contributed by atoms with van der Waals surface area (Å²) < 4.78 is 11.6. The minimum atomic E-state index is -0.738. The van der Waals surface area contributed by atoms with E-state index in [1.807, 2.05) is 30.3 Å². The van der Waals surface area contributed by atoms with Crippen LogP contribution in [0.3, 0.4) is 0 Å². The summed E-state index contributed by atoms with van der Waals surface area (Å²) in [6.07, 6.45) is 0.887. The van der Waals surface area contributed by atoms with Gasteiger partial charge in [-0.2, -0.15) is 5.10 Å². The molecular formula is C24H30N2O3. The average Bonchev–Trinajstić information content (AvgIpc) is 2.66. The fourth-order valence-corrected chi connectivity index (χ4v) is 2.98. The second kappa shape index (κ2) is 7.90. The number of fused-ring (bicyclic) bond motifs is 1. The average molecular weight is 395 g/mol. The lowest BCUT2D eigenvalue weighted by Gasteiger charge is -2.27. The molecule has 1 N–H and O–H groups in total. The predicted octanol–water partition coefficient (Wildman–Crippen LogP) is 4.57. The minimum Gasteiger partial charge on any atom is -0.485 e. The smallest absolute Gasteiger partial charge is 0.284 e. The fraction of sp³-hybridized carbons (Fsp3) is 0.417. The molecule has 0 aromatic heterocycles. The highest BCUT2D eigenvalue weighted by Crippen LogP contribution is 2.36. The van der Waals surface area contributed by atoms with E-state index >= 15 is 0 Å². The van der Waals surface area contributed by atoms with Crippen molar-refractivity contribution in [3.63, 3.8) is 0 Å². The molecule has 1 amide bonds. The SMILES string of the molecule is CC(C)(C)c1ccc(/C=N\NC(=O)[C@@H]2COc3ccc(C(C)(C)C)cc3O2)cc1. The van der Waals surface area contributed by atoms with Crippen LogP contribution < -0.4 is 14.9 Å². The van der Waals surface area contributed by atoms with Gasteiger partial charge in [-0.3, -0.25) is 4.79 Å². The van der Waals surface area contributed by atoms with Crippen LogP contribution in [0.4, 0.5) is 0 Å². The molecule has 2 aromatic carbocycles. The third-order valence-electron chi connectivity index (χ3n) is 4.93. The van der Waals surface area contributed by atoms with Gasteiger partial charge in [-0.25, -0.2) is 5.43 Å². The van der Waals surface area contributed by atoms with Crippen molar-refractivity contribution >= 4 is 12.1 Å². The van der Waals surface area contributed by atoms with Crippen LogP contribution in [0.25, 0.3) is 0 Å². The fourth-order valence-electron chi connectivity index (χ4n) is 2.98. The van der Waals surface area contributed by atoms with E-state index in [9.17, 15) is 4.79 Å². The summed E-state index contributed by atoms with van der Waals surface area (Å²) in [5.41, 5.74) is 5.92. The summed E-state index contributed by atoms with van der Waals surface area (Å²) in [5.74, 6) is 0.912. The van der Waals surface area contributed by atoms with Crippen LogP contribution in [-0.4, -0.2) is 24.8 Å². The number of nitrogens with zero attached hydrogens (tertiary/aromatic N) is 1. The Bertz CT molecular complexity index is 903. The maximum absolute atomic E-state index is 12.4. The molecule has 0 saturated carbocycles. The van der Waals surface area contributed by atoms with Crippen LogP contribution in [0.5, 0.6) is 11.5 Å². The zero-order valence-corrected chi connectivity index (χ0v) is 18.1. The zero-order chi connectivity index (χ0) is 21.2. The first-order valence-electron chi connectivity index (χ1n) is 9.91. The molecule has 0 fully saturated rings. The van der Waals surface area contributed by atoms with Gasteiger partial charge in [-0.15, -0.1) is 0 Å². The van der Waals surface area contributed by atoms with E-state index in [0.717, 1.165) is 11.1 Å². The van der Waals surface area contributed by atoms with Gasteiger partial charge in [0.15, 0.2) is 11.5 Å². The Labute approximate surface area is 173 Å². The van der Waals surface area contributed by atoms with Crippen molar-refractivity contribution in [3.8, 4) is 11.5 Å². The Morgan fingerprint density at radius 1 is 0.966 bits per heavy atom. The molecule has 0 radical (unpaired) electrons. The first-order valence-corrected chi connectivity index (χ1v) is 9.91. The van der Waals surface area contributed by atoms with Crippen LogP contribution in [0.1, 0.15) is 58.2 Å². The van der Waals surface area contributed by atoms with Crippen LogP contribution in [0.2, 0.25) is 0 Å². The van der Waals surface area contributed by atoms with Gasteiger partial charge < -0.3 is 9.47 Å². The number of hydrogen-bond donors (Lipinski definition) is 1. The number of carbonyl (C=O) groups is 1. The number of amides is 1. The Kier molecular flexibility index (Phi) is 5.69. The molecule has 0 bridgehead atoms. The highest BCUT2D eigenvalue weighted by atomic mass is 16.6. The second-order valence-corrected chi connectivity index (χ2v) is 9.44. The molecule has 0 spiro atoms. The second-order valence-electron chi connectivity index (χ2n) is 9.44. The van der Waals surface area contributed by atoms with Gasteiger partial charge in [-0.05, 0) is 39.7 Å². The first kappa shape index (κ1) is 20.9. The minimum absolute atomic E-state index is 0.0135. The lowest BCUT2D eigenvalue weighted by molar-refractivity contribution is -0.130. The lowest BCUT2D eigenvalue weighted by atomic mass is 9.87. The van der Waals surface area contributed by atoms with Gasteiger partial charge in [0.2, 0.25) is 6.10 Å². The summed E-state index contributed by atoms with van der Waals surface area (Å²) in [5, 5.41) is 4.06. The van der Waals surface area contributed by atoms with Gasteiger partial charge >= 0.3 is 0 Å². The quantitative estimate of drug-likeness (QED) is 0.613. The maximum atomic E-state index is 12.4. The Balaban J connectivity index is 1.61. The summed E-state index contributed by atoms with van der Waals surface area (Å²) in [6, 6.07) is 14.0. The zero-order valence-electron chi connectivity index (χ0n) is 18.1. The first-order chi connectivity index (χ1) is 13.5. The lowest BCUT2D eigenvalue weighted by Crippen LogP contribution is -2.42. The summed E-state index contributed by atoms with van der Waals surface area (Å²) in [6.45, 7) is 13.1. The summed E-state index contributed by atoms with van der Waals surface area (Å²) in [7, 11) is 0. The highest BCUT2D eigenvalue weighted by molar-refractivity contribution is 5.85. The van der Waals surface area contributed by atoms with Crippen LogP contribution >= 0.6 is 0 Å². The molecule has 154 valence electrons. The summed E-state index contributed by atoms with van der Waals surface area (Å²) >= 11 is 0. The van der Waals surface area contributed by atoms with Gasteiger partial charge in [0, 0.05) is 0 Å². The van der Waals surface area contributed by atoms with Crippen molar-refractivity contribution in [3.05, 3.63) is 59.2 Å². The van der Waals surface area contributed by atoms with Crippen LogP contribution in [0.15, 0.2) is 47.6 Å². The summed E-state index contributed by atoms with van der Waals surface area (Å²) in [4.78, 5) is 12.4. The van der Waals surface area contributed by atoms with Crippen LogP contribution in [-0.2, 0) is 15.6 Å². The van der Waals surface area contributed by atoms with Crippen molar-refractivity contribution in [2.45, 2.75) is 58.5 Å². The molecule has 2 aromatic rings. The molecule has 1 aliphatic heterocycles. The van der Waals surface area contributed by atoms with Gasteiger partial charge in [-0.1, -0.05) is 71.9 Å². The molecule has 1 heterocycles. The largest absolute Gasteiger partial charge is 0.485 e. The van der Waals surface area contributed by atoms with Gasteiger partial charge in [0.25, 0.3) is 5.91 Å². The molecule has 29 heavy (non-hydrogen) atoms. The molecular weight excluding hydrogens is 364 g/mol. The number of nitrogens with one attached hydrogen (secondary N) is 1. The van der Waals surface area contributed by atoms with E-state index in [1.165, 1.54) is 5.56 Å². The monoisotopic (exact) mass is 394 g/mol. The van der Waals surface area contributed by atoms with E-state index < -0.39 is 6.10 Å². The van der Waals surface area contributed by atoms with Crippen LogP contribution in [0, 0.1) is 0 Å². The number of rotatable bonds is 3. The van der Waals surface area contributed by atoms with Crippen molar-refractivity contribution in [1.29, 1.82) is 0 Å². The van der Waals surface area contributed by atoms with E-state index in [1.54, 1.807) is 6.21 Å². The Morgan fingerprint density at radius 3 is 2.21 bits per heavy atom. The van der Waals surface area contributed by atoms with Crippen molar-refractivity contribution < 1.29 is 14.3 Å². The number of benzene rings is 2. The molecule has 1 aliphatic rings. The van der Waals surface area contributed by atoms with E-state index in [-0.39, 0.29) is 23.3 Å². The van der Waals surface area contributed by atoms with Crippen molar-refractivity contribution in [2.75, 3.05) is 6.61 Å². The molecule has 3 rings (SSSR count). The molecule has 0 unspecified atom stereocenters. The number of carbonyl (C=O) groups excluding carboxylic acids is 1. The van der Waals surface area contributed by atoms with E-state index in [4.69, 9.17) is 9.47 Å². The van der Waals surface area contributed by atoms with E-state index in [0.29, 0.717) is 11.5 Å². The topological polar surface area (TPSA) is 59.9 Å². The Morgan fingerprint density at radius 2 is 1.59 bits per heavy atom.